The van der Waals surface area contributed by atoms with Crippen molar-refractivity contribution in [1.29, 1.82) is 0 Å². The van der Waals surface area contributed by atoms with Crippen LogP contribution in [0.15, 0.2) is 4.52 Å². The van der Waals surface area contributed by atoms with E-state index in [9.17, 15) is 0 Å². The summed E-state index contributed by atoms with van der Waals surface area (Å²) >= 11 is 32.7. The van der Waals surface area contributed by atoms with Crippen LogP contribution in [-0.4, -0.2) is 3.96 Å². The van der Waals surface area contributed by atoms with Crippen LogP contribution in [0.4, 0.5) is 0 Å². The van der Waals surface area contributed by atoms with Crippen LogP contribution in [0.2, 0.25) is 0 Å². The molecule has 0 aromatic rings. The highest BCUT2D eigenvalue weighted by atomic mass is 35.9. The van der Waals surface area contributed by atoms with E-state index in [4.69, 9.17) is 68.0 Å². The van der Waals surface area contributed by atoms with E-state index < -0.39 is 20.8 Å². The average molecular weight is 334 g/mol. The van der Waals surface area contributed by atoms with Crippen molar-refractivity contribution in [1.82, 2.24) is 3.96 Å². The van der Waals surface area contributed by atoms with Crippen molar-refractivity contribution in [3.8, 4) is 0 Å². The zero-order chi connectivity index (χ0) is 9.02. The van der Waals surface area contributed by atoms with Gasteiger partial charge in [0.25, 0.3) is 7.58 Å². The van der Waals surface area contributed by atoms with E-state index in [1.807, 2.05) is 0 Å². The van der Waals surface area contributed by atoms with Crippen LogP contribution in [0.25, 0.3) is 0 Å². The fourth-order valence-electron chi connectivity index (χ4n) is 0.145. The van der Waals surface area contributed by atoms with E-state index in [1.165, 1.54) is 0 Å². The average Bonchev–Trinajstić information content (AvgIpc) is 1.84. The molecule has 2 nitrogen and oxygen atoms in total. The molecule has 1 unspecified atom stereocenters. The summed E-state index contributed by atoms with van der Waals surface area (Å²) in [5.74, 6) is 0. The summed E-state index contributed by atoms with van der Waals surface area (Å²) in [5.41, 5.74) is 0. The van der Waals surface area contributed by atoms with E-state index >= 15 is 0 Å². The van der Waals surface area contributed by atoms with Crippen molar-refractivity contribution < 1.29 is 0 Å². The molecule has 0 radical (unpaired) electrons. The number of hydrogen-bond acceptors (Lipinski definition) is 2. The molecule has 0 aliphatic carbocycles. The maximum absolute atomic E-state index is 5.61. The molecular formula is Cl6N2P3+. The molecule has 0 saturated heterocycles. The summed E-state index contributed by atoms with van der Waals surface area (Å²) in [7, 11) is -1.49. The third-order valence-corrected chi connectivity index (χ3v) is 8.82. The van der Waals surface area contributed by atoms with Crippen LogP contribution in [0.5, 0.6) is 0 Å². The summed E-state index contributed by atoms with van der Waals surface area (Å²) in [6.07, 6.45) is -1.46. The third kappa shape index (κ3) is 6.69. The lowest BCUT2D eigenvalue weighted by Gasteiger charge is -2.10. The molecule has 0 rings (SSSR count). The van der Waals surface area contributed by atoms with Gasteiger partial charge in [0, 0.05) is 0 Å². The largest absolute Gasteiger partial charge is 0.444 e. The van der Waals surface area contributed by atoms with E-state index in [0.29, 0.717) is 0 Å². The Bertz CT molecular complexity index is 143. The van der Waals surface area contributed by atoms with Crippen molar-refractivity contribution in [3.63, 3.8) is 0 Å². The number of rotatable bonds is 3. The summed E-state index contributed by atoms with van der Waals surface area (Å²) in [5, 5.41) is 0. The van der Waals surface area contributed by atoms with E-state index in [1.54, 1.807) is 0 Å². The fourth-order valence-corrected chi connectivity index (χ4v) is 6.66. The molecule has 0 aromatic heterocycles. The third-order valence-electron chi connectivity index (χ3n) is 0.402. The van der Waals surface area contributed by atoms with Crippen molar-refractivity contribution in [2.45, 2.75) is 0 Å². The molecule has 11 heteroatoms. The van der Waals surface area contributed by atoms with E-state index in [-0.39, 0.29) is 0 Å². The summed E-state index contributed by atoms with van der Waals surface area (Å²) in [6.45, 7) is -1.49. The van der Waals surface area contributed by atoms with E-state index in [0.717, 1.165) is 3.96 Å². The van der Waals surface area contributed by atoms with Gasteiger partial charge in [-0.05, 0) is 27.5 Å². The molecule has 0 aliphatic rings. The Balaban J connectivity index is 4.03. The Morgan fingerprint density at radius 1 is 1.18 bits per heavy atom. The molecule has 0 aliphatic heterocycles. The molecule has 0 heterocycles. The standard InChI is InChI=1S/Cl6N2P3/c1-8(10(4)5)11(6)7-9(2)3/q+1. The predicted octanol–water partition coefficient (Wildman–Crippen LogP) is 6.59. The van der Waals surface area contributed by atoms with Gasteiger partial charge in [-0.3, -0.25) is 0 Å². The van der Waals surface area contributed by atoms with Gasteiger partial charge in [-0.1, -0.05) is 22.5 Å². The van der Waals surface area contributed by atoms with Crippen LogP contribution in [-0.2, 0) is 0 Å². The minimum absolute atomic E-state index is 1.01. The zero-order valence-electron chi connectivity index (χ0n) is 4.50. The summed E-state index contributed by atoms with van der Waals surface area (Å²) < 4.78 is 4.68. The Morgan fingerprint density at radius 3 is 1.91 bits per heavy atom. The minimum Gasteiger partial charge on any atom is -0.109 e. The van der Waals surface area contributed by atoms with Gasteiger partial charge in [0.2, 0.25) is 22.5 Å². The highest BCUT2D eigenvalue weighted by Gasteiger charge is 2.25. The van der Waals surface area contributed by atoms with Crippen LogP contribution < -0.4 is 0 Å². The first kappa shape index (κ1) is 13.7. The predicted molar refractivity (Wildman–Crippen MR) is 60.1 cm³/mol. The molecule has 0 fully saturated rings. The second kappa shape index (κ2) is 7.02. The van der Waals surface area contributed by atoms with Crippen LogP contribution in [0, 0.1) is 0 Å². The first-order valence-corrected chi connectivity index (χ1v) is 10.5. The molecule has 0 spiro atoms. The molecule has 0 N–H and O–H groups in total. The van der Waals surface area contributed by atoms with Crippen LogP contribution >= 0.6 is 88.8 Å². The molecule has 1 atom stereocenters. The van der Waals surface area contributed by atoms with Crippen molar-refractivity contribution in [3.05, 3.63) is 0 Å². The highest BCUT2D eigenvalue weighted by Crippen LogP contribution is 2.69. The molecule has 0 saturated carbocycles. The topological polar surface area (TPSA) is 15.6 Å². The quantitative estimate of drug-likeness (QED) is 0.420. The zero-order valence-corrected chi connectivity index (χ0v) is 11.7. The highest BCUT2D eigenvalue weighted by molar-refractivity contribution is 8.09. The van der Waals surface area contributed by atoms with Gasteiger partial charge < -0.3 is 0 Å². The first-order valence-electron chi connectivity index (χ1n) is 1.81. The van der Waals surface area contributed by atoms with E-state index in [2.05, 4.69) is 4.52 Å². The number of halogens is 6. The monoisotopic (exact) mass is 331 g/mol. The lowest BCUT2D eigenvalue weighted by molar-refractivity contribution is 1.22. The van der Waals surface area contributed by atoms with Gasteiger partial charge >= 0.3 is 6.42 Å². The van der Waals surface area contributed by atoms with Crippen molar-refractivity contribution in [2.24, 2.45) is 4.52 Å². The Hall–Kier alpha value is 2.66. The SMILES string of the molecule is ClN(P(Cl)Cl)P(Cl)N=[P+](Cl)Cl. The van der Waals surface area contributed by atoms with Crippen LogP contribution in [0.1, 0.15) is 0 Å². The summed E-state index contributed by atoms with van der Waals surface area (Å²) in [6, 6.07) is 0. The Kier molecular flexibility index (Phi) is 8.72. The number of hydrogen-bond donors (Lipinski definition) is 0. The lowest BCUT2D eigenvalue weighted by atomic mass is 13.8. The minimum atomic E-state index is -1.49. The summed E-state index contributed by atoms with van der Waals surface area (Å²) in [4.78, 5) is 0. The molecule has 66 valence electrons. The molecular weight excluding hydrogens is 334 g/mol. The van der Waals surface area contributed by atoms with Gasteiger partial charge in [0.15, 0.2) is 6.78 Å². The van der Waals surface area contributed by atoms with Crippen molar-refractivity contribution >= 4 is 88.8 Å². The lowest BCUT2D eigenvalue weighted by Crippen LogP contribution is -1.83. The Morgan fingerprint density at radius 2 is 1.64 bits per heavy atom. The molecule has 0 amide bonds. The van der Waals surface area contributed by atoms with Gasteiger partial charge in [0.1, 0.15) is 0 Å². The van der Waals surface area contributed by atoms with Gasteiger partial charge in [0.05, 0.1) is 0 Å². The van der Waals surface area contributed by atoms with Crippen LogP contribution in [0.3, 0.4) is 0 Å². The van der Waals surface area contributed by atoms with Crippen molar-refractivity contribution in [2.75, 3.05) is 0 Å². The molecule has 0 bridgehead atoms. The molecule has 0 aromatic carbocycles. The maximum Gasteiger partial charge on any atom is 0.444 e. The second-order valence-corrected chi connectivity index (χ2v) is 10.8. The molecule has 11 heavy (non-hydrogen) atoms. The second-order valence-electron chi connectivity index (χ2n) is 1.00. The smallest absolute Gasteiger partial charge is 0.109 e. The normalized spacial score (nSPS) is 13.8. The fraction of sp³-hybridized carbons (Fsp3) is 0. The first-order chi connectivity index (χ1) is 4.95. The van der Waals surface area contributed by atoms with Gasteiger partial charge in [-0.2, -0.15) is 0 Å². The van der Waals surface area contributed by atoms with Gasteiger partial charge in [-0.25, -0.2) is 0 Å². The Labute approximate surface area is 96.6 Å². The van der Waals surface area contributed by atoms with Gasteiger partial charge in [-0.15, -0.1) is 3.96 Å². The number of nitrogens with zero attached hydrogens (tertiary/aromatic N) is 2. The maximum atomic E-state index is 5.61.